The second-order valence-electron chi connectivity index (χ2n) is 7.17. The Bertz CT molecular complexity index is 722. The summed E-state index contributed by atoms with van der Waals surface area (Å²) in [4.78, 5) is 15.0. The van der Waals surface area contributed by atoms with Crippen LogP contribution in [0.25, 0.3) is 0 Å². The third-order valence-corrected chi connectivity index (χ3v) is 5.87. The number of hydrogen-bond donors (Lipinski definition) is 2. The van der Waals surface area contributed by atoms with Crippen LogP contribution in [0.3, 0.4) is 0 Å². The van der Waals surface area contributed by atoms with Crippen molar-refractivity contribution in [2.75, 3.05) is 46.3 Å². The van der Waals surface area contributed by atoms with Crippen molar-refractivity contribution < 1.29 is 0 Å². The molecule has 0 saturated carbocycles. The van der Waals surface area contributed by atoms with Gasteiger partial charge < -0.3 is 15.5 Å². The van der Waals surface area contributed by atoms with E-state index in [2.05, 4.69) is 67.7 Å². The van der Waals surface area contributed by atoms with Gasteiger partial charge >= 0.3 is 0 Å². The van der Waals surface area contributed by atoms with E-state index in [1.165, 1.54) is 10.4 Å². The molecule has 3 rings (SSSR count). The Morgan fingerprint density at radius 1 is 1.11 bits per heavy atom. The van der Waals surface area contributed by atoms with Crippen LogP contribution < -0.4 is 10.6 Å². The van der Waals surface area contributed by atoms with E-state index in [0.29, 0.717) is 0 Å². The standard InChI is InChI=1S/C21H32N6S/c1-18-15-24-20(28-18)16-25-21(22-2)23-9-6-10-26-11-13-27(14-12-26)17-19-7-4-3-5-8-19/h3-5,7-8,15H,6,9-14,16-17H2,1-2H3,(H2,22,23,25). The van der Waals surface area contributed by atoms with E-state index in [4.69, 9.17) is 0 Å². The van der Waals surface area contributed by atoms with Crippen molar-refractivity contribution in [3.8, 4) is 0 Å². The van der Waals surface area contributed by atoms with Crippen LogP contribution in [0.2, 0.25) is 0 Å². The number of rotatable bonds is 8. The molecule has 0 amide bonds. The van der Waals surface area contributed by atoms with Crippen LogP contribution >= 0.6 is 11.3 Å². The van der Waals surface area contributed by atoms with Gasteiger partial charge in [0.15, 0.2) is 5.96 Å². The van der Waals surface area contributed by atoms with Crippen molar-refractivity contribution in [3.05, 3.63) is 52.0 Å². The molecule has 1 aromatic heterocycles. The average molecular weight is 401 g/mol. The summed E-state index contributed by atoms with van der Waals surface area (Å²) in [5.41, 5.74) is 1.41. The van der Waals surface area contributed by atoms with Crippen molar-refractivity contribution >= 4 is 17.3 Å². The van der Waals surface area contributed by atoms with Crippen molar-refractivity contribution in [2.45, 2.75) is 26.4 Å². The summed E-state index contributed by atoms with van der Waals surface area (Å²) < 4.78 is 0. The Morgan fingerprint density at radius 2 is 1.86 bits per heavy atom. The van der Waals surface area contributed by atoms with E-state index in [9.17, 15) is 0 Å². The number of hydrogen-bond acceptors (Lipinski definition) is 5. The molecule has 1 saturated heterocycles. The van der Waals surface area contributed by atoms with Crippen molar-refractivity contribution in [2.24, 2.45) is 4.99 Å². The third-order valence-electron chi connectivity index (χ3n) is 4.96. The lowest BCUT2D eigenvalue weighted by Gasteiger charge is -2.34. The van der Waals surface area contributed by atoms with Gasteiger partial charge in [-0.3, -0.25) is 9.89 Å². The molecule has 2 aromatic rings. The van der Waals surface area contributed by atoms with Gasteiger partial charge in [0.25, 0.3) is 0 Å². The molecule has 2 heterocycles. The third kappa shape index (κ3) is 6.89. The summed E-state index contributed by atoms with van der Waals surface area (Å²) >= 11 is 1.72. The Hall–Kier alpha value is -1.96. The molecule has 0 atom stereocenters. The highest BCUT2D eigenvalue weighted by molar-refractivity contribution is 7.11. The topological polar surface area (TPSA) is 55.8 Å². The molecule has 1 fully saturated rings. The number of guanidine groups is 1. The van der Waals surface area contributed by atoms with Crippen LogP contribution in [-0.4, -0.2) is 67.1 Å². The number of aryl methyl sites for hydroxylation is 1. The first-order valence-corrected chi connectivity index (χ1v) is 10.9. The van der Waals surface area contributed by atoms with E-state index >= 15 is 0 Å². The fourth-order valence-electron chi connectivity index (χ4n) is 3.39. The highest BCUT2D eigenvalue weighted by Gasteiger charge is 2.16. The van der Waals surface area contributed by atoms with Gasteiger partial charge in [-0.1, -0.05) is 30.3 Å². The van der Waals surface area contributed by atoms with E-state index in [1.54, 1.807) is 11.3 Å². The average Bonchev–Trinajstić information content (AvgIpc) is 3.14. The number of benzene rings is 1. The molecule has 1 aromatic carbocycles. The van der Waals surface area contributed by atoms with E-state index in [0.717, 1.165) is 69.7 Å². The smallest absolute Gasteiger partial charge is 0.191 e. The minimum Gasteiger partial charge on any atom is -0.356 e. The molecular formula is C21H32N6S. The molecule has 6 nitrogen and oxygen atoms in total. The molecule has 0 aliphatic carbocycles. The Kier molecular flexibility index (Phi) is 8.26. The molecule has 7 heteroatoms. The Labute approximate surface area is 172 Å². The highest BCUT2D eigenvalue weighted by Crippen LogP contribution is 2.10. The maximum atomic E-state index is 4.37. The van der Waals surface area contributed by atoms with E-state index in [1.807, 2.05) is 13.2 Å². The first-order chi connectivity index (χ1) is 13.7. The number of piperazine rings is 1. The largest absolute Gasteiger partial charge is 0.356 e. The van der Waals surface area contributed by atoms with Crippen LogP contribution in [-0.2, 0) is 13.1 Å². The Morgan fingerprint density at radius 3 is 2.54 bits per heavy atom. The first-order valence-electron chi connectivity index (χ1n) is 10.1. The predicted octanol–water partition coefficient (Wildman–Crippen LogP) is 2.32. The molecule has 1 aliphatic heterocycles. The zero-order valence-electron chi connectivity index (χ0n) is 17.0. The molecule has 1 aliphatic rings. The Balaban J connectivity index is 1.27. The van der Waals surface area contributed by atoms with Gasteiger partial charge in [0.2, 0.25) is 0 Å². The summed E-state index contributed by atoms with van der Waals surface area (Å²) in [7, 11) is 1.81. The van der Waals surface area contributed by atoms with Gasteiger partial charge in [-0.25, -0.2) is 4.98 Å². The van der Waals surface area contributed by atoms with Crippen LogP contribution in [0.4, 0.5) is 0 Å². The molecule has 152 valence electrons. The molecule has 0 spiro atoms. The summed E-state index contributed by atoms with van der Waals surface area (Å²) in [5.74, 6) is 0.848. The summed E-state index contributed by atoms with van der Waals surface area (Å²) in [6.45, 7) is 10.5. The lowest BCUT2D eigenvalue weighted by atomic mass is 10.2. The van der Waals surface area contributed by atoms with Gasteiger partial charge in [-0.15, -0.1) is 11.3 Å². The van der Waals surface area contributed by atoms with Gasteiger partial charge in [0.05, 0.1) is 6.54 Å². The quantitative estimate of drug-likeness (QED) is 0.405. The van der Waals surface area contributed by atoms with E-state index in [-0.39, 0.29) is 0 Å². The SMILES string of the molecule is CN=C(NCCCN1CCN(Cc2ccccc2)CC1)NCc1ncc(C)s1. The first kappa shape index (κ1) is 20.8. The maximum absolute atomic E-state index is 4.37. The van der Waals surface area contributed by atoms with Gasteiger partial charge in [-0.05, 0) is 25.5 Å². The normalized spacial score (nSPS) is 16.3. The van der Waals surface area contributed by atoms with Crippen LogP contribution in [0, 0.1) is 6.92 Å². The number of nitrogens with one attached hydrogen (secondary N) is 2. The van der Waals surface area contributed by atoms with Crippen molar-refractivity contribution in [3.63, 3.8) is 0 Å². The number of aliphatic imine (C=N–C) groups is 1. The summed E-state index contributed by atoms with van der Waals surface area (Å²) in [6.07, 6.45) is 3.03. The number of aromatic nitrogens is 1. The van der Waals surface area contributed by atoms with Gasteiger partial charge in [-0.2, -0.15) is 0 Å². The van der Waals surface area contributed by atoms with Crippen molar-refractivity contribution in [1.82, 2.24) is 25.4 Å². The van der Waals surface area contributed by atoms with E-state index < -0.39 is 0 Å². The highest BCUT2D eigenvalue weighted by atomic mass is 32.1. The second-order valence-corrected chi connectivity index (χ2v) is 8.49. The molecule has 0 unspecified atom stereocenters. The van der Waals surface area contributed by atoms with Crippen LogP contribution in [0.1, 0.15) is 21.9 Å². The van der Waals surface area contributed by atoms with Gasteiger partial charge in [0.1, 0.15) is 5.01 Å². The molecular weight excluding hydrogens is 368 g/mol. The van der Waals surface area contributed by atoms with Crippen LogP contribution in [0.5, 0.6) is 0 Å². The lowest BCUT2D eigenvalue weighted by Crippen LogP contribution is -2.46. The number of thiazole rings is 1. The molecule has 0 radical (unpaired) electrons. The fourth-order valence-corrected chi connectivity index (χ4v) is 4.11. The van der Waals surface area contributed by atoms with Crippen LogP contribution in [0.15, 0.2) is 41.5 Å². The molecule has 2 N–H and O–H groups in total. The maximum Gasteiger partial charge on any atom is 0.191 e. The van der Waals surface area contributed by atoms with Crippen molar-refractivity contribution in [1.29, 1.82) is 0 Å². The number of nitrogens with zero attached hydrogens (tertiary/aromatic N) is 4. The lowest BCUT2D eigenvalue weighted by molar-refractivity contribution is 0.126. The molecule has 28 heavy (non-hydrogen) atoms. The summed E-state index contributed by atoms with van der Waals surface area (Å²) in [5, 5.41) is 7.83. The zero-order chi connectivity index (χ0) is 19.6. The van der Waals surface area contributed by atoms with Gasteiger partial charge in [0, 0.05) is 57.4 Å². The predicted molar refractivity (Wildman–Crippen MR) is 118 cm³/mol. The zero-order valence-corrected chi connectivity index (χ0v) is 17.8. The monoisotopic (exact) mass is 400 g/mol. The minimum atomic E-state index is 0.724. The fraction of sp³-hybridized carbons (Fsp3) is 0.524. The second kappa shape index (κ2) is 11.1. The minimum absolute atomic E-state index is 0.724. The summed E-state index contributed by atoms with van der Waals surface area (Å²) in [6, 6.07) is 10.8. The molecule has 0 bridgehead atoms.